The van der Waals surface area contributed by atoms with Crippen molar-refractivity contribution in [2.45, 2.75) is 13.5 Å². The number of carboxylic acids is 1. The summed E-state index contributed by atoms with van der Waals surface area (Å²) in [5.74, 6) is -1.41. The van der Waals surface area contributed by atoms with Gasteiger partial charge < -0.3 is 9.84 Å². The molecule has 2 aromatic carbocycles. The van der Waals surface area contributed by atoms with E-state index in [0.717, 1.165) is 11.6 Å². The third-order valence-electron chi connectivity index (χ3n) is 2.80. The highest BCUT2D eigenvalue weighted by Gasteiger charge is 2.10. The molecule has 0 radical (unpaired) electrons. The van der Waals surface area contributed by atoms with E-state index in [1.165, 1.54) is 12.1 Å². The Morgan fingerprint density at radius 1 is 1.30 bits per heavy atom. The summed E-state index contributed by atoms with van der Waals surface area (Å²) in [6.45, 7) is 2.01. The number of aryl methyl sites for hydroxylation is 1. The lowest BCUT2D eigenvalue weighted by atomic mass is 10.1. The highest BCUT2D eigenvalue weighted by Crippen LogP contribution is 2.23. The molecule has 0 aliphatic heterocycles. The van der Waals surface area contributed by atoms with Gasteiger partial charge in [0.1, 0.15) is 18.2 Å². The molecule has 0 saturated heterocycles. The van der Waals surface area contributed by atoms with Crippen LogP contribution in [0.3, 0.4) is 0 Å². The first-order chi connectivity index (χ1) is 9.47. The molecule has 104 valence electrons. The molecular formula is C15H12ClFO3. The normalized spacial score (nSPS) is 10.3. The number of carbonyl (C=O) groups is 1. The minimum absolute atomic E-state index is 0.152. The van der Waals surface area contributed by atoms with Crippen molar-refractivity contribution in [2.75, 3.05) is 0 Å². The number of carboxylic acid groups (broad SMARTS) is 1. The molecule has 0 fully saturated rings. The second-order valence-electron chi connectivity index (χ2n) is 4.32. The molecule has 0 aromatic heterocycles. The van der Waals surface area contributed by atoms with Gasteiger partial charge in [0.05, 0.1) is 5.56 Å². The van der Waals surface area contributed by atoms with Crippen LogP contribution < -0.4 is 4.74 Å². The summed E-state index contributed by atoms with van der Waals surface area (Å²) in [7, 11) is 0. The maximum atomic E-state index is 13.5. The van der Waals surface area contributed by atoms with Crippen LogP contribution in [0.2, 0.25) is 5.02 Å². The highest BCUT2D eigenvalue weighted by atomic mass is 35.5. The number of hydrogen-bond donors (Lipinski definition) is 1. The number of rotatable bonds is 4. The van der Waals surface area contributed by atoms with E-state index in [1.54, 1.807) is 18.2 Å². The predicted molar refractivity (Wildman–Crippen MR) is 73.9 cm³/mol. The first-order valence-corrected chi connectivity index (χ1v) is 6.26. The third kappa shape index (κ3) is 3.27. The van der Waals surface area contributed by atoms with E-state index in [9.17, 15) is 9.18 Å². The molecule has 0 spiro atoms. The van der Waals surface area contributed by atoms with Crippen LogP contribution in [0.5, 0.6) is 5.75 Å². The number of benzene rings is 2. The molecule has 3 nitrogen and oxygen atoms in total. The van der Waals surface area contributed by atoms with E-state index in [-0.39, 0.29) is 12.2 Å². The Morgan fingerprint density at radius 3 is 2.65 bits per heavy atom. The summed E-state index contributed by atoms with van der Waals surface area (Å²) in [6.07, 6.45) is 0. The number of ether oxygens (including phenoxy) is 1. The monoisotopic (exact) mass is 294 g/mol. The quantitative estimate of drug-likeness (QED) is 0.925. The summed E-state index contributed by atoms with van der Waals surface area (Å²) in [5, 5.41) is 9.36. The van der Waals surface area contributed by atoms with Crippen LogP contribution >= 0.6 is 11.6 Å². The lowest BCUT2D eigenvalue weighted by Crippen LogP contribution is -2.03. The maximum absolute atomic E-state index is 13.5. The molecular weight excluding hydrogens is 283 g/mol. The average Bonchev–Trinajstić information content (AvgIpc) is 2.37. The Morgan fingerprint density at radius 2 is 2.05 bits per heavy atom. The van der Waals surface area contributed by atoms with Crippen LogP contribution in [0, 0.1) is 12.7 Å². The van der Waals surface area contributed by atoms with Crippen molar-refractivity contribution in [3.8, 4) is 5.75 Å². The fraction of sp³-hybridized carbons (Fsp3) is 0.133. The van der Waals surface area contributed by atoms with Gasteiger partial charge in [-0.2, -0.15) is 0 Å². The molecule has 0 aliphatic carbocycles. The zero-order valence-electron chi connectivity index (χ0n) is 10.7. The van der Waals surface area contributed by atoms with Gasteiger partial charge in [0.2, 0.25) is 0 Å². The van der Waals surface area contributed by atoms with Crippen LogP contribution in [-0.2, 0) is 6.61 Å². The molecule has 2 rings (SSSR count). The fourth-order valence-corrected chi connectivity index (χ4v) is 1.98. The van der Waals surface area contributed by atoms with Crippen LogP contribution in [0.25, 0.3) is 0 Å². The van der Waals surface area contributed by atoms with Crippen molar-refractivity contribution >= 4 is 17.6 Å². The summed E-state index contributed by atoms with van der Waals surface area (Å²) in [6, 6.07) is 9.13. The Kier molecular flexibility index (Phi) is 4.25. The Bertz CT molecular complexity index is 656. The smallest absolute Gasteiger partial charge is 0.338 e. The molecule has 2 aromatic rings. The zero-order chi connectivity index (χ0) is 14.7. The van der Waals surface area contributed by atoms with Gasteiger partial charge in [0, 0.05) is 5.02 Å². The zero-order valence-corrected chi connectivity index (χ0v) is 11.4. The van der Waals surface area contributed by atoms with Gasteiger partial charge in [-0.15, -0.1) is 0 Å². The molecule has 5 heteroatoms. The number of hydrogen-bond acceptors (Lipinski definition) is 2. The molecule has 0 aliphatic rings. The molecule has 0 bridgehead atoms. The third-order valence-corrected chi connectivity index (χ3v) is 3.03. The molecule has 1 N–H and O–H groups in total. The van der Waals surface area contributed by atoms with Crippen molar-refractivity contribution in [3.63, 3.8) is 0 Å². The van der Waals surface area contributed by atoms with Crippen molar-refractivity contribution in [1.82, 2.24) is 0 Å². The predicted octanol–water partition coefficient (Wildman–Crippen LogP) is 4.06. The molecule has 0 amide bonds. The molecule has 0 heterocycles. The maximum Gasteiger partial charge on any atom is 0.338 e. The summed E-state index contributed by atoms with van der Waals surface area (Å²) in [5.41, 5.74) is 1.08. The minimum atomic E-state index is -1.29. The average molecular weight is 295 g/mol. The number of halogens is 2. The number of aromatic carboxylic acids is 1. The van der Waals surface area contributed by atoms with E-state index in [0.29, 0.717) is 16.3 Å². The lowest BCUT2D eigenvalue weighted by molar-refractivity contribution is 0.0692. The van der Waals surface area contributed by atoms with Crippen LogP contribution in [-0.4, -0.2) is 11.1 Å². The fourth-order valence-electron chi connectivity index (χ4n) is 1.76. The first-order valence-electron chi connectivity index (χ1n) is 5.88. The Balaban J connectivity index is 2.11. The molecule has 20 heavy (non-hydrogen) atoms. The van der Waals surface area contributed by atoms with E-state index in [4.69, 9.17) is 21.4 Å². The standard InChI is InChI=1S/C15H12ClFO3/c1-9-6-11(16)3-5-14(9)20-8-10-2-4-12(15(18)19)13(17)7-10/h2-7H,8H2,1H3,(H,18,19). The minimum Gasteiger partial charge on any atom is -0.489 e. The van der Waals surface area contributed by atoms with Gasteiger partial charge in [0.15, 0.2) is 0 Å². The van der Waals surface area contributed by atoms with Gasteiger partial charge in [-0.05, 0) is 48.4 Å². The van der Waals surface area contributed by atoms with Crippen LogP contribution in [0.4, 0.5) is 4.39 Å². The largest absolute Gasteiger partial charge is 0.489 e. The van der Waals surface area contributed by atoms with Crippen molar-refractivity contribution in [1.29, 1.82) is 0 Å². The van der Waals surface area contributed by atoms with Crippen LogP contribution in [0.15, 0.2) is 36.4 Å². The van der Waals surface area contributed by atoms with Crippen LogP contribution in [0.1, 0.15) is 21.5 Å². The van der Waals surface area contributed by atoms with Gasteiger partial charge in [0.25, 0.3) is 0 Å². The van der Waals surface area contributed by atoms with Gasteiger partial charge in [-0.3, -0.25) is 0 Å². The van der Waals surface area contributed by atoms with Gasteiger partial charge in [-0.25, -0.2) is 9.18 Å². The summed E-state index contributed by atoms with van der Waals surface area (Å²) >= 11 is 5.84. The SMILES string of the molecule is Cc1cc(Cl)ccc1OCc1ccc(C(=O)O)c(F)c1. The molecule has 0 saturated carbocycles. The second-order valence-corrected chi connectivity index (χ2v) is 4.75. The van der Waals surface area contributed by atoms with Crippen molar-refractivity contribution in [3.05, 3.63) is 63.9 Å². The first kappa shape index (κ1) is 14.3. The van der Waals surface area contributed by atoms with E-state index < -0.39 is 11.8 Å². The van der Waals surface area contributed by atoms with Crippen molar-refractivity contribution < 1.29 is 19.0 Å². The van der Waals surface area contributed by atoms with Gasteiger partial charge in [-0.1, -0.05) is 17.7 Å². The Labute approximate surface area is 120 Å². The topological polar surface area (TPSA) is 46.5 Å². The van der Waals surface area contributed by atoms with Crippen molar-refractivity contribution in [2.24, 2.45) is 0 Å². The summed E-state index contributed by atoms with van der Waals surface area (Å²) in [4.78, 5) is 10.7. The lowest BCUT2D eigenvalue weighted by Gasteiger charge is -2.10. The highest BCUT2D eigenvalue weighted by molar-refractivity contribution is 6.30. The van der Waals surface area contributed by atoms with Gasteiger partial charge >= 0.3 is 5.97 Å². The molecule has 0 atom stereocenters. The Hall–Kier alpha value is -2.07. The second kappa shape index (κ2) is 5.92. The van der Waals surface area contributed by atoms with E-state index >= 15 is 0 Å². The summed E-state index contributed by atoms with van der Waals surface area (Å²) < 4.78 is 19.1. The molecule has 0 unspecified atom stereocenters. The van der Waals surface area contributed by atoms with E-state index in [2.05, 4.69) is 0 Å². The van der Waals surface area contributed by atoms with E-state index in [1.807, 2.05) is 6.92 Å².